The predicted molar refractivity (Wildman–Crippen MR) is 59.7 cm³/mol. The zero-order chi connectivity index (χ0) is 11.4. The quantitative estimate of drug-likeness (QED) is 0.730. The number of likely N-dealkylation sites (tertiary alicyclic amines) is 1. The van der Waals surface area contributed by atoms with Gasteiger partial charge in [0.15, 0.2) is 0 Å². The van der Waals surface area contributed by atoms with E-state index in [1.807, 2.05) is 0 Å². The molecule has 0 radical (unpaired) electrons. The van der Waals surface area contributed by atoms with Crippen LogP contribution in [0, 0.1) is 5.92 Å². The van der Waals surface area contributed by atoms with Gasteiger partial charge in [0, 0.05) is 19.1 Å². The normalized spacial score (nSPS) is 30.1. The number of carboxylic acids is 1. The Morgan fingerprint density at radius 3 is 2.80 bits per heavy atom. The summed E-state index contributed by atoms with van der Waals surface area (Å²) in [4.78, 5) is 12.9. The SMILES string of the molecule is CC1CCC(C)N(CCC(N)C(=O)O)C1. The van der Waals surface area contributed by atoms with E-state index in [0.717, 1.165) is 19.0 Å². The number of nitrogens with zero attached hydrogens (tertiary/aromatic N) is 1. The molecule has 1 aliphatic rings. The second-order valence-electron chi connectivity index (χ2n) is 4.76. The fourth-order valence-corrected chi connectivity index (χ4v) is 2.12. The minimum Gasteiger partial charge on any atom is -0.480 e. The molecular weight excluding hydrogens is 192 g/mol. The van der Waals surface area contributed by atoms with Crippen molar-refractivity contribution in [3.8, 4) is 0 Å². The molecule has 88 valence electrons. The lowest BCUT2D eigenvalue weighted by Crippen LogP contribution is -2.44. The van der Waals surface area contributed by atoms with Crippen molar-refractivity contribution in [3.05, 3.63) is 0 Å². The van der Waals surface area contributed by atoms with Crippen LogP contribution in [0.15, 0.2) is 0 Å². The maximum Gasteiger partial charge on any atom is 0.320 e. The molecule has 1 aliphatic heterocycles. The summed E-state index contributed by atoms with van der Waals surface area (Å²) in [5.41, 5.74) is 5.49. The molecule has 1 fully saturated rings. The van der Waals surface area contributed by atoms with Crippen LogP contribution in [0.25, 0.3) is 0 Å². The first-order chi connectivity index (χ1) is 7.00. The second kappa shape index (κ2) is 5.47. The first-order valence-corrected chi connectivity index (χ1v) is 5.73. The van der Waals surface area contributed by atoms with Crippen LogP contribution >= 0.6 is 0 Å². The maximum absolute atomic E-state index is 10.6. The summed E-state index contributed by atoms with van der Waals surface area (Å²) in [5, 5.41) is 8.69. The van der Waals surface area contributed by atoms with Crippen LogP contribution in [0.1, 0.15) is 33.1 Å². The Balaban J connectivity index is 2.33. The van der Waals surface area contributed by atoms with Crippen molar-refractivity contribution in [1.29, 1.82) is 0 Å². The van der Waals surface area contributed by atoms with E-state index >= 15 is 0 Å². The van der Waals surface area contributed by atoms with E-state index < -0.39 is 12.0 Å². The highest BCUT2D eigenvalue weighted by Crippen LogP contribution is 2.21. The van der Waals surface area contributed by atoms with Gasteiger partial charge in [0.25, 0.3) is 0 Å². The van der Waals surface area contributed by atoms with Crippen LogP contribution in [-0.2, 0) is 4.79 Å². The molecule has 3 N–H and O–H groups in total. The first-order valence-electron chi connectivity index (χ1n) is 5.73. The molecular formula is C11H22N2O2. The molecule has 0 aliphatic carbocycles. The molecule has 0 aromatic rings. The molecule has 15 heavy (non-hydrogen) atoms. The summed E-state index contributed by atoms with van der Waals surface area (Å²) in [5.74, 6) is -0.171. The van der Waals surface area contributed by atoms with Gasteiger partial charge in [-0.3, -0.25) is 4.79 Å². The van der Waals surface area contributed by atoms with Crippen LogP contribution in [0.2, 0.25) is 0 Å². The van der Waals surface area contributed by atoms with E-state index in [1.54, 1.807) is 0 Å². The summed E-state index contributed by atoms with van der Waals surface area (Å²) >= 11 is 0. The zero-order valence-electron chi connectivity index (χ0n) is 9.65. The molecule has 1 rings (SSSR count). The summed E-state index contributed by atoms with van der Waals surface area (Å²) in [6, 6.07) is -0.142. The molecule has 3 atom stereocenters. The summed E-state index contributed by atoms with van der Waals surface area (Å²) < 4.78 is 0. The molecule has 0 spiro atoms. The molecule has 1 heterocycles. The van der Waals surface area contributed by atoms with Gasteiger partial charge in [-0.1, -0.05) is 6.92 Å². The van der Waals surface area contributed by atoms with Crippen LogP contribution in [0.3, 0.4) is 0 Å². The Morgan fingerprint density at radius 2 is 2.20 bits per heavy atom. The Labute approximate surface area is 91.4 Å². The Bertz CT molecular complexity index is 221. The number of carbonyl (C=O) groups is 1. The molecule has 4 nitrogen and oxygen atoms in total. The van der Waals surface area contributed by atoms with Crippen molar-refractivity contribution in [2.75, 3.05) is 13.1 Å². The standard InChI is InChI=1S/C11H22N2O2/c1-8-3-4-9(2)13(7-8)6-5-10(12)11(14)15/h8-10H,3-7,12H2,1-2H3,(H,14,15). The van der Waals surface area contributed by atoms with Crippen molar-refractivity contribution >= 4 is 5.97 Å². The molecule has 0 amide bonds. The van der Waals surface area contributed by atoms with Crippen molar-refractivity contribution < 1.29 is 9.90 Å². The average Bonchev–Trinajstić information content (AvgIpc) is 2.18. The molecule has 0 saturated carbocycles. The fourth-order valence-electron chi connectivity index (χ4n) is 2.12. The van der Waals surface area contributed by atoms with Crippen molar-refractivity contribution in [3.63, 3.8) is 0 Å². The van der Waals surface area contributed by atoms with E-state index in [2.05, 4.69) is 18.7 Å². The number of hydrogen-bond acceptors (Lipinski definition) is 3. The highest BCUT2D eigenvalue weighted by Gasteiger charge is 2.23. The van der Waals surface area contributed by atoms with Gasteiger partial charge in [0.05, 0.1) is 0 Å². The van der Waals surface area contributed by atoms with Gasteiger partial charge in [-0.2, -0.15) is 0 Å². The Hall–Kier alpha value is -0.610. The van der Waals surface area contributed by atoms with Crippen LogP contribution in [-0.4, -0.2) is 41.1 Å². The van der Waals surface area contributed by atoms with Crippen LogP contribution in [0.4, 0.5) is 0 Å². The lowest BCUT2D eigenvalue weighted by molar-refractivity contribution is -0.138. The average molecular weight is 214 g/mol. The molecule has 3 unspecified atom stereocenters. The summed E-state index contributed by atoms with van der Waals surface area (Å²) in [7, 11) is 0. The topological polar surface area (TPSA) is 66.6 Å². The van der Waals surface area contributed by atoms with Gasteiger partial charge in [-0.15, -0.1) is 0 Å². The van der Waals surface area contributed by atoms with Gasteiger partial charge < -0.3 is 15.7 Å². The van der Waals surface area contributed by atoms with E-state index in [9.17, 15) is 4.79 Å². The number of nitrogens with two attached hydrogens (primary N) is 1. The molecule has 0 aromatic carbocycles. The number of hydrogen-bond donors (Lipinski definition) is 2. The van der Waals surface area contributed by atoms with Crippen LogP contribution < -0.4 is 5.73 Å². The number of rotatable bonds is 4. The van der Waals surface area contributed by atoms with Crippen molar-refractivity contribution in [1.82, 2.24) is 4.90 Å². The number of piperidine rings is 1. The third-order valence-electron chi connectivity index (χ3n) is 3.29. The van der Waals surface area contributed by atoms with Crippen molar-refractivity contribution in [2.24, 2.45) is 11.7 Å². The Morgan fingerprint density at radius 1 is 1.53 bits per heavy atom. The number of aliphatic carboxylic acids is 1. The second-order valence-corrected chi connectivity index (χ2v) is 4.76. The summed E-state index contributed by atoms with van der Waals surface area (Å²) in [6.07, 6.45) is 3.04. The largest absolute Gasteiger partial charge is 0.480 e. The third-order valence-corrected chi connectivity index (χ3v) is 3.29. The minimum atomic E-state index is -0.896. The highest BCUT2D eigenvalue weighted by atomic mass is 16.4. The van der Waals surface area contributed by atoms with Gasteiger partial charge in [-0.25, -0.2) is 0 Å². The van der Waals surface area contributed by atoms with Crippen molar-refractivity contribution in [2.45, 2.75) is 45.2 Å². The van der Waals surface area contributed by atoms with E-state index in [1.165, 1.54) is 12.8 Å². The van der Waals surface area contributed by atoms with E-state index in [-0.39, 0.29) is 0 Å². The van der Waals surface area contributed by atoms with Gasteiger partial charge in [0.1, 0.15) is 6.04 Å². The number of carboxylic acid groups (broad SMARTS) is 1. The first kappa shape index (κ1) is 12.5. The highest BCUT2D eigenvalue weighted by molar-refractivity contribution is 5.72. The van der Waals surface area contributed by atoms with E-state index in [4.69, 9.17) is 10.8 Å². The van der Waals surface area contributed by atoms with Crippen LogP contribution in [0.5, 0.6) is 0 Å². The smallest absolute Gasteiger partial charge is 0.320 e. The predicted octanol–water partition coefficient (Wildman–Crippen LogP) is 0.909. The van der Waals surface area contributed by atoms with Gasteiger partial charge in [0.2, 0.25) is 0 Å². The third kappa shape index (κ3) is 3.80. The fraction of sp³-hybridized carbons (Fsp3) is 0.909. The van der Waals surface area contributed by atoms with Gasteiger partial charge >= 0.3 is 5.97 Å². The lowest BCUT2D eigenvalue weighted by atomic mass is 9.95. The Kier molecular flexibility index (Phi) is 4.54. The minimum absolute atomic E-state index is 0.548. The molecule has 4 heteroatoms. The van der Waals surface area contributed by atoms with E-state index in [0.29, 0.717) is 12.5 Å². The molecule has 0 aromatic heterocycles. The van der Waals surface area contributed by atoms with Gasteiger partial charge in [-0.05, 0) is 32.1 Å². The zero-order valence-corrected chi connectivity index (χ0v) is 9.65. The lowest BCUT2D eigenvalue weighted by Gasteiger charge is -2.37. The molecule has 1 saturated heterocycles. The monoisotopic (exact) mass is 214 g/mol. The molecule has 0 bridgehead atoms. The maximum atomic E-state index is 10.6. The summed E-state index contributed by atoms with van der Waals surface area (Å²) in [6.45, 7) is 6.33.